The van der Waals surface area contributed by atoms with Crippen LogP contribution in [0, 0.1) is 6.92 Å². The number of anilines is 1. The van der Waals surface area contributed by atoms with E-state index in [1.54, 1.807) is 0 Å². The van der Waals surface area contributed by atoms with Crippen LogP contribution in [0.4, 0.5) is 5.69 Å². The summed E-state index contributed by atoms with van der Waals surface area (Å²) >= 11 is 0. The molecule has 2 aromatic carbocycles. The Balaban J connectivity index is 1.95. The van der Waals surface area contributed by atoms with Crippen LogP contribution in [0.2, 0.25) is 0 Å². The van der Waals surface area contributed by atoms with E-state index in [9.17, 15) is 4.79 Å². The summed E-state index contributed by atoms with van der Waals surface area (Å²) in [6.07, 6.45) is 2.00. The summed E-state index contributed by atoms with van der Waals surface area (Å²) in [7, 11) is 0. The highest BCUT2D eigenvalue weighted by atomic mass is 16.2. The second kappa shape index (κ2) is 5.02. The number of nitrogens with one attached hydrogen (secondary N) is 2. The molecule has 1 unspecified atom stereocenters. The molecular weight excluding hydrogens is 236 g/mol. The van der Waals surface area contributed by atoms with E-state index in [2.05, 4.69) is 34.9 Å². The highest BCUT2D eigenvalue weighted by Gasteiger charge is 2.22. The smallest absolute Gasteiger partial charge is 0.241 e. The minimum atomic E-state index is -0.0432. The SMILES string of the molecule is Cc1ccc2ccccc2c1NC(=O)C1CCCN1. The number of rotatable bonds is 2. The van der Waals surface area contributed by atoms with Gasteiger partial charge in [0.1, 0.15) is 0 Å². The van der Waals surface area contributed by atoms with Crippen molar-refractivity contribution in [2.24, 2.45) is 0 Å². The van der Waals surface area contributed by atoms with Crippen molar-refractivity contribution in [1.82, 2.24) is 5.32 Å². The summed E-state index contributed by atoms with van der Waals surface area (Å²) in [5.41, 5.74) is 2.04. The maximum atomic E-state index is 12.2. The van der Waals surface area contributed by atoms with E-state index in [0.717, 1.165) is 41.4 Å². The number of aryl methyl sites for hydroxylation is 1. The highest BCUT2D eigenvalue weighted by molar-refractivity contribution is 6.05. The Labute approximate surface area is 113 Å². The lowest BCUT2D eigenvalue weighted by Gasteiger charge is -2.15. The third kappa shape index (κ3) is 2.34. The molecule has 0 saturated carbocycles. The Morgan fingerprint density at radius 2 is 2.11 bits per heavy atom. The van der Waals surface area contributed by atoms with Crippen molar-refractivity contribution >= 4 is 22.4 Å². The Bertz CT molecular complexity index is 615. The van der Waals surface area contributed by atoms with Gasteiger partial charge in [0.25, 0.3) is 0 Å². The van der Waals surface area contributed by atoms with Crippen LogP contribution in [0.3, 0.4) is 0 Å². The number of fused-ring (bicyclic) bond motifs is 1. The monoisotopic (exact) mass is 254 g/mol. The Morgan fingerprint density at radius 3 is 2.89 bits per heavy atom. The zero-order valence-electron chi connectivity index (χ0n) is 11.1. The molecule has 1 aliphatic heterocycles. The van der Waals surface area contributed by atoms with Gasteiger partial charge >= 0.3 is 0 Å². The molecule has 1 amide bonds. The lowest BCUT2D eigenvalue weighted by atomic mass is 10.0. The van der Waals surface area contributed by atoms with Crippen molar-refractivity contribution in [2.45, 2.75) is 25.8 Å². The molecule has 3 heteroatoms. The van der Waals surface area contributed by atoms with Gasteiger partial charge in [-0.1, -0.05) is 36.4 Å². The van der Waals surface area contributed by atoms with Crippen LogP contribution < -0.4 is 10.6 Å². The average molecular weight is 254 g/mol. The predicted molar refractivity (Wildman–Crippen MR) is 78.3 cm³/mol. The lowest BCUT2D eigenvalue weighted by Crippen LogP contribution is -2.35. The van der Waals surface area contributed by atoms with E-state index in [1.165, 1.54) is 0 Å². The minimum absolute atomic E-state index is 0.0432. The number of carbonyl (C=O) groups is 1. The molecule has 0 radical (unpaired) electrons. The van der Waals surface area contributed by atoms with Crippen LogP contribution in [0.5, 0.6) is 0 Å². The Morgan fingerprint density at radius 1 is 1.26 bits per heavy atom. The summed E-state index contributed by atoms with van der Waals surface area (Å²) in [4.78, 5) is 12.2. The van der Waals surface area contributed by atoms with Crippen molar-refractivity contribution in [3.8, 4) is 0 Å². The van der Waals surface area contributed by atoms with E-state index < -0.39 is 0 Å². The summed E-state index contributed by atoms with van der Waals surface area (Å²) in [5.74, 6) is 0.0805. The number of hydrogen-bond acceptors (Lipinski definition) is 2. The van der Waals surface area contributed by atoms with Gasteiger partial charge in [-0.05, 0) is 37.3 Å². The lowest BCUT2D eigenvalue weighted by molar-refractivity contribution is -0.117. The molecule has 1 atom stereocenters. The predicted octanol–water partition coefficient (Wildman–Crippen LogP) is 2.84. The van der Waals surface area contributed by atoms with Crippen molar-refractivity contribution in [2.75, 3.05) is 11.9 Å². The van der Waals surface area contributed by atoms with Crippen LogP contribution in [-0.2, 0) is 4.79 Å². The Kier molecular flexibility index (Phi) is 3.22. The zero-order valence-corrected chi connectivity index (χ0v) is 11.1. The maximum absolute atomic E-state index is 12.2. The van der Waals surface area contributed by atoms with Crippen molar-refractivity contribution in [1.29, 1.82) is 0 Å². The second-order valence-corrected chi connectivity index (χ2v) is 5.12. The number of hydrogen-bond donors (Lipinski definition) is 2. The fourth-order valence-corrected chi connectivity index (χ4v) is 2.67. The molecule has 0 aliphatic carbocycles. The summed E-state index contributed by atoms with van der Waals surface area (Å²) in [6, 6.07) is 12.2. The molecule has 1 saturated heterocycles. The minimum Gasteiger partial charge on any atom is -0.324 e. The van der Waals surface area contributed by atoms with E-state index in [0.29, 0.717) is 0 Å². The van der Waals surface area contributed by atoms with Crippen LogP contribution >= 0.6 is 0 Å². The fourth-order valence-electron chi connectivity index (χ4n) is 2.67. The van der Waals surface area contributed by atoms with Gasteiger partial charge < -0.3 is 10.6 Å². The largest absolute Gasteiger partial charge is 0.324 e. The van der Waals surface area contributed by atoms with Crippen molar-refractivity contribution < 1.29 is 4.79 Å². The molecule has 0 bridgehead atoms. The topological polar surface area (TPSA) is 41.1 Å². The van der Waals surface area contributed by atoms with Crippen LogP contribution in [0.25, 0.3) is 10.8 Å². The summed E-state index contributed by atoms with van der Waals surface area (Å²) < 4.78 is 0. The first-order chi connectivity index (χ1) is 9.25. The number of benzene rings is 2. The molecule has 3 rings (SSSR count). The van der Waals surface area contributed by atoms with Crippen LogP contribution in [0.1, 0.15) is 18.4 Å². The first-order valence-corrected chi connectivity index (χ1v) is 6.78. The van der Waals surface area contributed by atoms with E-state index in [-0.39, 0.29) is 11.9 Å². The van der Waals surface area contributed by atoms with Crippen molar-refractivity contribution in [3.05, 3.63) is 42.0 Å². The molecule has 3 nitrogen and oxygen atoms in total. The van der Waals surface area contributed by atoms with Gasteiger partial charge in [-0.15, -0.1) is 0 Å². The third-order valence-corrected chi connectivity index (χ3v) is 3.76. The van der Waals surface area contributed by atoms with Gasteiger partial charge in [-0.25, -0.2) is 0 Å². The Hall–Kier alpha value is -1.87. The van der Waals surface area contributed by atoms with E-state index >= 15 is 0 Å². The second-order valence-electron chi connectivity index (χ2n) is 5.12. The van der Waals surface area contributed by atoms with E-state index in [1.807, 2.05) is 19.1 Å². The zero-order chi connectivity index (χ0) is 13.2. The third-order valence-electron chi connectivity index (χ3n) is 3.76. The van der Waals surface area contributed by atoms with Gasteiger partial charge in [-0.3, -0.25) is 4.79 Å². The highest BCUT2D eigenvalue weighted by Crippen LogP contribution is 2.27. The normalized spacial score (nSPS) is 18.7. The number of carbonyl (C=O) groups excluding carboxylic acids is 1. The molecular formula is C16H18N2O. The average Bonchev–Trinajstić information content (AvgIpc) is 2.96. The van der Waals surface area contributed by atoms with Gasteiger partial charge in [0.15, 0.2) is 0 Å². The number of amides is 1. The first kappa shape index (κ1) is 12.2. The molecule has 1 heterocycles. The standard InChI is InChI=1S/C16H18N2O/c1-11-8-9-12-5-2-3-6-13(12)15(11)18-16(19)14-7-4-10-17-14/h2-3,5-6,8-9,14,17H,4,7,10H2,1H3,(H,18,19). The van der Waals surface area contributed by atoms with E-state index in [4.69, 9.17) is 0 Å². The van der Waals surface area contributed by atoms with Crippen molar-refractivity contribution in [3.63, 3.8) is 0 Å². The van der Waals surface area contributed by atoms with Crippen LogP contribution in [0.15, 0.2) is 36.4 Å². The quantitative estimate of drug-likeness (QED) is 0.865. The molecule has 0 aromatic heterocycles. The fraction of sp³-hybridized carbons (Fsp3) is 0.312. The van der Waals surface area contributed by atoms with Gasteiger partial charge in [0, 0.05) is 5.39 Å². The molecule has 0 spiro atoms. The molecule has 1 aliphatic rings. The van der Waals surface area contributed by atoms with Gasteiger partial charge in [0.05, 0.1) is 11.7 Å². The maximum Gasteiger partial charge on any atom is 0.241 e. The molecule has 2 N–H and O–H groups in total. The van der Waals surface area contributed by atoms with Gasteiger partial charge in [0.2, 0.25) is 5.91 Å². The molecule has 2 aromatic rings. The summed E-state index contributed by atoms with van der Waals surface area (Å²) in [5, 5.41) is 8.59. The van der Waals surface area contributed by atoms with Gasteiger partial charge in [-0.2, -0.15) is 0 Å². The molecule has 19 heavy (non-hydrogen) atoms. The molecule has 1 fully saturated rings. The molecule has 98 valence electrons. The van der Waals surface area contributed by atoms with Crippen LogP contribution in [-0.4, -0.2) is 18.5 Å². The summed E-state index contributed by atoms with van der Waals surface area (Å²) in [6.45, 7) is 2.97. The first-order valence-electron chi connectivity index (χ1n) is 6.78.